The van der Waals surface area contributed by atoms with Gasteiger partial charge in [-0.1, -0.05) is 72.8 Å². The van der Waals surface area contributed by atoms with Gasteiger partial charge in [0.05, 0.1) is 6.04 Å². The van der Waals surface area contributed by atoms with Crippen LogP contribution < -0.4 is 0 Å². The number of amides is 1. The summed E-state index contributed by atoms with van der Waals surface area (Å²) in [5.74, 6) is 0.106. The standard InChI is InChI=1S/C31H39N3O/c1-5-32(6-2)31(35)29-19-17-28(18-20-29)30(27-15-11-8-12-16-27)34-22-24(3)33(21-25(34)4)23-26-13-9-7-10-14-26/h7-20,24-25,30H,5-6,21-23H2,1-4H3/t24-,25+,30-/m1/s1. The summed E-state index contributed by atoms with van der Waals surface area (Å²) in [5.41, 5.74) is 4.67. The van der Waals surface area contributed by atoms with Crippen molar-refractivity contribution in [3.8, 4) is 0 Å². The van der Waals surface area contributed by atoms with E-state index in [-0.39, 0.29) is 11.9 Å². The SMILES string of the molecule is CCN(CC)C(=O)c1ccc([C@@H](c2ccccc2)N2C[C@@H](C)N(Cc3ccccc3)C[C@@H]2C)cc1. The van der Waals surface area contributed by atoms with Gasteiger partial charge in [-0.15, -0.1) is 0 Å². The number of hydrogen-bond acceptors (Lipinski definition) is 3. The van der Waals surface area contributed by atoms with Crippen molar-refractivity contribution in [2.45, 2.75) is 52.4 Å². The molecular weight excluding hydrogens is 430 g/mol. The van der Waals surface area contributed by atoms with E-state index in [1.54, 1.807) is 0 Å². The lowest BCUT2D eigenvalue weighted by Crippen LogP contribution is -2.56. The third-order valence-electron chi connectivity index (χ3n) is 7.36. The maximum absolute atomic E-state index is 12.9. The second kappa shape index (κ2) is 11.7. The molecule has 3 atom stereocenters. The summed E-state index contributed by atoms with van der Waals surface area (Å²) in [4.78, 5) is 20.0. The average molecular weight is 470 g/mol. The van der Waals surface area contributed by atoms with Crippen LogP contribution in [0.5, 0.6) is 0 Å². The molecule has 3 aromatic rings. The second-order valence-corrected chi connectivity index (χ2v) is 9.72. The third-order valence-corrected chi connectivity index (χ3v) is 7.36. The molecule has 0 radical (unpaired) electrons. The Morgan fingerprint density at radius 1 is 0.800 bits per heavy atom. The molecule has 0 N–H and O–H groups in total. The van der Waals surface area contributed by atoms with Crippen molar-refractivity contribution < 1.29 is 4.79 Å². The van der Waals surface area contributed by atoms with Gasteiger partial charge in [-0.05, 0) is 56.5 Å². The third kappa shape index (κ3) is 5.83. The Kier molecular flexibility index (Phi) is 8.37. The number of hydrogen-bond donors (Lipinski definition) is 0. The van der Waals surface area contributed by atoms with E-state index in [4.69, 9.17) is 0 Å². The summed E-state index contributed by atoms with van der Waals surface area (Å²) >= 11 is 0. The molecule has 4 heteroatoms. The molecule has 1 amide bonds. The van der Waals surface area contributed by atoms with Gasteiger partial charge in [-0.25, -0.2) is 0 Å². The van der Waals surface area contributed by atoms with E-state index in [9.17, 15) is 4.79 Å². The Balaban J connectivity index is 1.59. The topological polar surface area (TPSA) is 26.8 Å². The summed E-state index contributed by atoms with van der Waals surface area (Å²) < 4.78 is 0. The van der Waals surface area contributed by atoms with Gasteiger partial charge < -0.3 is 4.90 Å². The zero-order valence-corrected chi connectivity index (χ0v) is 21.6. The van der Waals surface area contributed by atoms with Gasteiger partial charge in [-0.3, -0.25) is 14.6 Å². The largest absolute Gasteiger partial charge is 0.339 e. The Labute approximate surface area is 211 Å². The summed E-state index contributed by atoms with van der Waals surface area (Å²) in [6.07, 6.45) is 0. The van der Waals surface area contributed by atoms with Crippen molar-refractivity contribution in [1.82, 2.24) is 14.7 Å². The van der Waals surface area contributed by atoms with Crippen molar-refractivity contribution in [2.24, 2.45) is 0 Å². The van der Waals surface area contributed by atoms with Gasteiger partial charge in [0.2, 0.25) is 0 Å². The van der Waals surface area contributed by atoms with Crippen LogP contribution in [0.1, 0.15) is 60.8 Å². The molecule has 35 heavy (non-hydrogen) atoms. The zero-order chi connectivity index (χ0) is 24.8. The number of carbonyl (C=O) groups is 1. The average Bonchev–Trinajstić information content (AvgIpc) is 2.89. The fourth-order valence-corrected chi connectivity index (χ4v) is 5.34. The van der Waals surface area contributed by atoms with Crippen molar-refractivity contribution in [1.29, 1.82) is 0 Å². The maximum atomic E-state index is 12.9. The molecule has 1 aliphatic rings. The van der Waals surface area contributed by atoms with E-state index in [1.807, 2.05) is 30.9 Å². The fraction of sp³-hybridized carbons (Fsp3) is 0.387. The van der Waals surface area contributed by atoms with Crippen molar-refractivity contribution >= 4 is 5.91 Å². The van der Waals surface area contributed by atoms with Crippen LogP contribution in [-0.2, 0) is 6.54 Å². The smallest absolute Gasteiger partial charge is 0.253 e. The molecule has 0 spiro atoms. The van der Waals surface area contributed by atoms with E-state index in [1.165, 1.54) is 16.7 Å². The maximum Gasteiger partial charge on any atom is 0.253 e. The Hall–Kier alpha value is -2.95. The van der Waals surface area contributed by atoms with Gasteiger partial charge in [0, 0.05) is 50.4 Å². The summed E-state index contributed by atoms with van der Waals surface area (Å²) in [6.45, 7) is 13.2. The highest BCUT2D eigenvalue weighted by Crippen LogP contribution is 2.33. The summed E-state index contributed by atoms with van der Waals surface area (Å²) in [7, 11) is 0. The highest BCUT2D eigenvalue weighted by atomic mass is 16.2. The molecule has 0 aromatic heterocycles. The number of carbonyl (C=O) groups excluding carboxylic acids is 1. The van der Waals surface area contributed by atoms with Crippen LogP contribution in [0.15, 0.2) is 84.9 Å². The van der Waals surface area contributed by atoms with Crippen LogP contribution in [0.3, 0.4) is 0 Å². The highest BCUT2D eigenvalue weighted by molar-refractivity contribution is 5.94. The minimum atomic E-state index is 0.106. The number of piperazine rings is 1. The van der Waals surface area contributed by atoms with Crippen LogP contribution in [0, 0.1) is 0 Å². The van der Waals surface area contributed by atoms with Crippen LogP contribution in [0.25, 0.3) is 0 Å². The van der Waals surface area contributed by atoms with Crippen molar-refractivity contribution in [3.05, 3.63) is 107 Å². The van der Waals surface area contributed by atoms with Gasteiger partial charge >= 0.3 is 0 Å². The van der Waals surface area contributed by atoms with Gasteiger partial charge in [0.15, 0.2) is 0 Å². The molecule has 1 fully saturated rings. The number of nitrogens with zero attached hydrogens (tertiary/aromatic N) is 3. The second-order valence-electron chi connectivity index (χ2n) is 9.72. The molecule has 1 heterocycles. The Bertz CT molecular complexity index is 1060. The van der Waals surface area contributed by atoms with Crippen LogP contribution >= 0.6 is 0 Å². The zero-order valence-electron chi connectivity index (χ0n) is 21.6. The van der Waals surface area contributed by atoms with E-state index in [2.05, 4.69) is 96.4 Å². The molecule has 0 aliphatic carbocycles. The van der Waals surface area contributed by atoms with Crippen molar-refractivity contribution in [2.75, 3.05) is 26.2 Å². The van der Waals surface area contributed by atoms with E-state index in [0.29, 0.717) is 12.1 Å². The monoisotopic (exact) mass is 469 g/mol. The first-order chi connectivity index (χ1) is 17.0. The Morgan fingerprint density at radius 2 is 1.37 bits per heavy atom. The minimum Gasteiger partial charge on any atom is -0.339 e. The number of benzene rings is 3. The van der Waals surface area contributed by atoms with Gasteiger partial charge in [0.25, 0.3) is 5.91 Å². The molecular formula is C31H39N3O. The summed E-state index contributed by atoms with van der Waals surface area (Å²) in [5, 5.41) is 0. The molecule has 0 bridgehead atoms. The first-order valence-corrected chi connectivity index (χ1v) is 13.0. The highest BCUT2D eigenvalue weighted by Gasteiger charge is 2.34. The molecule has 3 aromatic carbocycles. The number of rotatable bonds is 8. The lowest BCUT2D eigenvalue weighted by Gasteiger charge is -2.47. The van der Waals surface area contributed by atoms with Gasteiger partial charge in [0.1, 0.15) is 0 Å². The first-order valence-electron chi connectivity index (χ1n) is 13.0. The van der Waals surface area contributed by atoms with E-state index >= 15 is 0 Å². The minimum absolute atomic E-state index is 0.106. The van der Waals surface area contributed by atoms with E-state index < -0.39 is 0 Å². The lowest BCUT2D eigenvalue weighted by atomic mass is 9.92. The van der Waals surface area contributed by atoms with E-state index in [0.717, 1.165) is 38.3 Å². The first kappa shape index (κ1) is 25.2. The van der Waals surface area contributed by atoms with Crippen LogP contribution in [-0.4, -0.2) is 58.9 Å². The fourth-order valence-electron chi connectivity index (χ4n) is 5.34. The van der Waals surface area contributed by atoms with Crippen molar-refractivity contribution in [3.63, 3.8) is 0 Å². The molecule has 1 saturated heterocycles. The molecule has 4 rings (SSSR count). The lowest BCUT2D eigenvalue weighted by molar-refractivity contribution is 0.0195. The molecule has 1 aliphatic heterocycles. The predicted molar refractivity (Wildman–Crippen MR) is 144 cm³/mol. The molecule has 0 saturated carbocycles. The van der Waals surface area contributed by atoms with Gasteiger partial charge in [-0.2, -0.15) is 0 Å². The quantitative estimate of drug-likeness (QED) is 0.414. The van der Waals surface area contributed by atoms with Crippen LogP contribution in [0.4, 0.5) is 0 Å². The predicted octanol–water partition coefficient (Wildman–Crippen LogP) is 5.85. The Morgan fingerprint density at radius 3 is 1.97 bits per heavy atom. The normalized spacial score (nSPS) is 19.9. The molecule has 184 valence electrons. The molecule has 4 nitrogen and oxygen atoms in total. The molecule has 0 unspecified atom stereocenters. The van der Waals surface area contributed by atoms with Crippen LogP contribution in [0.2, 0.25) is 0 Å². The summed E-state index contributed by atoms with van der Waals surface area (Å²) in [6, 6.07) is 30.9.